The van der Waals surface area contributed by atoms with Crippen molar-refractivity contribution in [1.82, 2.24) is 0 Å². The van der Waals surface area contributed by atoms with Crippen molar-refractivity contribution in [1.29, 1.82) is 0 Å². The van der Waals surface area contributed by atoms with Gasteiger partial charge in [0.15, 0.2) is 0 Å². The molecule has 8 fully saturated rings. The third kappa shape index (κ3) is 3.25. The molecule has 7 heteroatoms. The van der Waals surface area contributed by atoms with Crippen molar-refractivity contribution in [2.45, 2.75) is 88.3 Å². The highest BCUT2D eigenvalue weighted by Crippen LogP contribution is 2.61. The standard InChI is InChI=1S/C20H31O6P/c21-27(22,25-23-19-7-13-1-14(8-19)3-15(2-13)9-19)26-24-20-10-16-4-17(11-20)6-18(5-16)12-20/h13-18H,1-12H2,(H,21,22). The van der Waals surface area contributed by atoms with Crippen LogP contribution in [0, 0.1) is 35.5 Å². The molecule has 0 heterocycles. The summed E-state index contributed by atoms with van der Waals surface area (Å²) in [6.45, 7) is 0. The van der Waals surface area contributed by atoms with Crippen LogP contribution >= 0.6 is 7.82 Å². The van der Waals surface area contributed by atoms with Crippen LogP contribution in [-0.2, 0) is 23.7 Å². The van der Waals surface area contributed by atoms with Gasteiger partial charge in [0.25, 0.3) is 0 Å². The van der Waals surface area contributed by atoms with Crippen molar-refractivity contribution in [2.75, 3.05) is 0 Å². The Morgan fingerprint density at radius 1 is 0.593 bits per heavy atom. The van der Waals surface area contributed by atoms with Gasteiger partial charge in [0.05, 0.1) is 0 Å². The summed E-state index contributed by atoms with van der Waals surface area (Å²) >= 11 is 0. The van der Waals surface area contributed by atoms with Crippen LogP contribution in [0.5, 0.6) is 0 Å². The van der Waals surface area contributed by atoms with Crippen molar-refractivity contribution >= 4 is 7.82 Å². The molecule has 0 saturated heterocycles. The molecule has 0 aromatic heterocycles. The van der Waals surface area contributed by atoms with Crippen LogP contribution in [0.3, 0.4) is 0 Å². The summed E-state index contributed by atoms with van der Waals surface area (Å²) < 4.78 is 22.5. The highest BCUT2D eigenvalue weighted by Gasteiger charge is 2.55. The Hall–Kier alpha value is 0.0300. The van der Waals surface area contributed by atoms with E-state index in [9.17, 15) is 9.46 Å². The van der Waals surface area contributed by atoms with Gasteiger partial charge < -0.3 is 0 Å². The molecule has 1 N–H and O–H groups in total. The fourth-order valence-electron chi connectivity index (χ4n) is 8.53. The first kappa shape index (κ1) is 17.9. The summed E-state index contributed by atoms with van der Waals surface area (Å²) in [7, 11) is -4.38. The second-order valence-corrected chi connectivity index (χ2v) is 12.2. The average Bonchev–Trinajstić information content (AvgIpc) is 2.57. The Morgan fingerprint density at radius 3 is 1.11 bits per heavy atom. The second-order valence-electron chi connectivity index (χ2n) is 11.0. The third-order valence-electron chi connectivity index (χ3n) is 8.58. The van der Waals surface area contributed by atoms with Gasteiger partial charge in [-0.05, 0) is 113 Å². The van der Waals surface area contributed by atoms with E-state index in [-0.39, 0.29) is 0 Å². The predicted octanol–water partition coefficient (Wildman–Crippen LogP) is 4.92. The van der Waals surface area contributed by atoms with E-state index in [4.69, 9.17) is 19.1 Å². The van der Waals surface area contributed by atoms with E-state index >= 15 is 0 Å². The first-order valence-electron chi connectivity index (χ1n) is 11.0. The molecule has 0 radical (unpaired) electrons. The van der Waals surface area contributed by atoms with E-state index in [0.29, 0.717) is 35.5 Å². The summed E-state index contributed by atoms with van der Waals surface area (Å²) in [4.78, 5) is 21.5. The molecule has 0 amide bonds. The highest BCUT2D eigenvalue weighted by molar-refractivity contribution is 7.47. The monoisotopic (exact) mass is 398 g/mol. The van der Waals surface area contributed by atoms with E-state index in [1.165, 1.54) is 38.5 Å². The molecule has 8 rings (SSSR count). The Labute approximate surface area is 160 Å². The minimum Gasteiger partial charge on any atom is -0.299 e. The molecular formula is C20H31O6P. The van der Waals surface area contributed by atoms with Crippen molar-refractivity contribution in [2.24, 2.45) is 35.5 Å². The zero-order chi connectivity index (χ0) is 18.3. The molecule has 0 aliphatic heterocycles. The van der Waals surface area contributed by atoms with Gasteiger partial charge in [-0.25, -0.2) is 14.3 Å². The van der Waals surface area contributed by atoms with Crippen molar-refractivity contribution in [3.63, 3.8) is 0 Å². The van der Waals surface area contributed by atoms with Gasteiger partial charge in [-0.15, -0.1) is 9.35 Å². The lowest BCUT2D eigenvalue weighted by Gasteiger charge is -2.55. The lowest BCUT2D eigenvalue weighted by molar-refractivity contribution is -0.377. The topological polar surface area (TPSA) is 74.2 Å². The van der Waals surface area contributed by atoms with Gasteiger partial charge in [-0.2, -0.15) is 0 Å². The zero-order valence-electron chi connectivity index (χ0n) is 15.9. The summed E-state index contributed by atoms with van der Waals surface area (Å²) in [5.41, 5.74) is -0.783. The molecule has 0 atom stereocenters. The summed E-state index contributed by atoms with van der Waals surface area (Å²) in [5, 5.41) is 0. The lowest BCUT2D eigenvalue weighted by Crippen LogP contribution is -2.52. The van der Waals surface area contributed by atoms with Gasteiger partial charge in [-0.1, -0.05) is 0 Å². The Morgan fingerprint density at radius 2 is 0.852 bits per heavy atom. The largest absolute Gasteiger partial charge is 0.526 e. The van der Waals surface area contributed by atoms with Gasteiger partial charge in [0.1, 0.15) is 11.2 Å². The first-order valence-corrected chi connectivity index (χ1v) is 12.5. The number of hydrogen-bond donors (Lipinski definition) is 1. The van der Waals surface area contributed by atoms with E-state index in [0.717, 1.165) is 38.5 Å². The van der Waals surface area contributed by atoms with Gasteiger partial charge >= 0.3 is 7.82 Å². The van der Waals surface area contributed by atoms with Crippen molar-refractivity contribution in [3.05, 3.63) is 0 Å². The van der Waals surface area contributed by atoms with Crippen LogP contribution in [0.1, 0.15) is 77.0 Å². The third-order valence-corrected chi connectivity index (χ3v) is 9.11. The predicted molar refractivity (Wildman–Crippen MR) is 96.0 cm³/mol. The van der Waals surface area contributed by atoms with Crippen molar-refractivity contribution < 1.29 is 28.6 Å². The summed E-state index contributed by atoms with van der Waals surface area (Å²) in [5.74, 6) is 4.10. The second kappa shape index (κ2) is 6.02. The number of hydrogen-bond acceptors (Lipinski definition) is 5. The minimum atomic E-state index is -4.38. The molecule has 152 valence electrons. The van der Waals surface area contributed by atoms with E-state index in [1.54, 1.807) is 0 Å². The maximum absolute atomic E-state index is 12.5. The molecule has 6 nitrogen and oxygen atoms in total. The van der Waals surface area contributed by atoms with E-state index in [2.05, 4.69) is 0 Å². The van der Waals surface area contributed by atoms with Gasteiger partial charge in [0, 0.05) is 0 Å². The summed E-state index contributed by atoms with van der Waals surface area (Å²) in [6.07, 6.45) is 13.3. The fraction of sp³-hybridized carbons (Fsp3) is 1.00. The quantitative estimate of drug-likeness (QED) is 0.389. The van der Waals surface area contributed by atoms with Crippen LogP contribution in [0.2, 0.25) is 0 Å². The number of rotatable bonds is 6. The van der Waals surface area contributed by atoms with Crippen molar-refractivity contribution in [3.8, 4) is 0 Å². The number of phosphoric acid groups is 1. The molecule has 0 aromatic carbocycles. The fourth-order valence-corrected chi connectivity index (χ4v) is 9.06. The maximum Gasteiger partial charge on any atom is 0.526 e. The molecule has 8 bridgehead atoms. The lowest BCUT2D eigenvalue weighted by atomic mass is 9.54. The first-order chi connectivity index (χ1) is 12.9. The zero-order valence-corrected chi connectivity index (χ0v) is 16.8. The van der Waals surface area contributed by atoms with Crippen LogP contribution < -0.4 is 0 Å². The Balaban J connectivity index is 1.08. The van der Waals surface area contributed by atoms with E-state index in [1.807, 2.05) is 0 Å². The molecule has 8 aliphatic rings. The maximum atomic E-state index is 12.5. The van der Waals surface area contributed by atoms with Gasteiger partial charge in [0.2, 0.25) is 0 Å². The average molecular weight is 398 g/mol. The minimum absolute atomic E-state index is 0.392. The van der Waals surface area contributed by atoms with Crippen LogP contribution in [0.4, 0.5) is 0 Å². The molecular weight excluding hydrogens is 367 g/mol. The molecule has 8 aliphatic carbocycles. The molecule has 0 unspecified atom stereocenters. The normalized spacial score (nSPS) is 54.4. The SMILES string of the molecule is O=P(O)(OOC12CC3CC(CC(C3)C1)C2)OOC12CC3CC(CC(C3)C1)C2. The smallest absolute Gasteiger partial charge is 0.299 e. The molecule has 8 saturated carbocycles. The molecule has 27 heavy (non-hydrogen) atoms. The highest BCUT2D eigenvalue weighted by atomic mass is 31.2. The molecule has 0 spiro atoms. The Kier molecular flexibility index (Phi) is 3.98. The van der Waals surface area contributed by atoms with Crippen LogP contribution in [0.25, 0.3) is 0 Å². The van der Waals surface area contributed by atoms with Crippen LogP contribution in [0.15, 0.2) is 0 Å². The van der Waals surface area contributed by atoms with Crippen LogP contribution in [-0.4, -0.2) is 16.1 Å². The van der Waals surface area contributed by atoms with E-state index < -0.39 is 19.0 Å². The Bertz CT molecular complexity index is 540. The molecule has 0 aromatic rings. The summed E-state index contributed by atoms with van der Waals surface area (Å²) in [6, 6.07) is 0. The van der Waals surface area contributed by atoms with Gasteiger partial charge in [-0.3, -0.25) is 4.89 Å².